The lowest BCUT2D eigenvalue weighted by Crippen LogP contribution is -2.17. The molecule has 2 aromatic rings. The van der Waals surface area contributed by atoms with Crippen LogP contribution in [0.5, 0.6) is 0 Å². The molecule has 0 fully saturated rings. The summed E-state index contributed by atoms with van der Waals surface area (Å²) in [7, 11) is 1.56. The monoisotopic (exact) mass is 220 g/mol. The molecule has 0 aromatic carbocycles. The van der Waals surface area contributed by atoms with E-state index < -0.39 is 0 Å². The van der Waals surface area contributed by atoms with Crippen molar-refractivity contribution >= 4 is 17.2 Å². The van der Waals surface area contributed by atoms with Gasteiger partial charge in [0.1, 0.15) is 5.01 Å². The molecule has 0 saturated carbocycles. The molecule has 0 spiro atoms. The third-order valence-corrected chi connectivity index (χ3v) is 2.73. The van der Waals surface area contributed by atoms with Gasteiger partial charge in [0.2, 0.25) is 5.01 Å². The summed E-state index contributed by atoms with van der Waals surface area (Å²) in [6.45, 7) is 0. The van der Waals surface area contributed by atoms with E-state index in [9.17, 15) is 4.79 Å². The summed E-state index contributed by atoms with van der Waals surface area (Å²) in [4.78, 5) is 15.2. The van der Waals surface area contributed by atoms with Crippen molar-refractivity contribution in [1.29, 1.82) is 0 Å². The van der Waals surface area contributed by atoms with Gasteiger partial charge in [-0.05, 0) is 12.1 Å². The van der Waals surface area contributed by atoms with Crippen molar-refractivity contribution in [1.82, 2.24) is 20.5 Å². The molecule has 0 bridgehead atoms. The first kappa shape index (κ1) is 9.72. The van der Waals surface area contributed by atoms with Crippen LogP contribution in [0.2, 0.25) is 0 Å². The molecule has 1 amide bonds. The van der Waals surface area contributed by atoms with Gasteiger partial charge in [-0.2, -0.15) is 0 Å². The van der Waals surface area contributed by atoms with Crippen LogP contribution in [0.3, 0.4) is 0 Å². The fraction of sp³-hybridized carbons (Fsp3) is 0.111. The van der Waals surface area contributed by atoms with Crippen LogP contribution in [0, 0.1) is 0 Å². The maximum atomic E-state index is 11.2. The Balaban J connectivity index is 2.32. The lowest BCUT2D eigenvalue weighted by molar-refractivity contribution is 0.0962. The first-order chi connectivity index (χ1) is 7.31. The number of hydrogen-bond donors (Lipinski definition) is 1. The highest BCUT2D eigenvalue weighted by molar-refractivity contribution is 7.16. The van der Waals surface area contributed by atoms with Gasteiger partial charge in [-0.15, -0.1) is 10.2 Å². The summed E-state index contributed by atoms with van der Waals surface area (Å²) in [6.07, 6.45) is 3.37. The molecule has 0 atom stereocenters. The SMILES string of the molecule is CNC(=O)c1nnc(-c2cccnc2)s1. The second kappa shape index (κ2) is 4.14. The zero-order chi connectivity index (χ0) is 10.7. The Morgan fingerprint density at radius 1 is 1.47 bits per heavy atom. The molecule has 0 aliphatic rings. The van der Waals surface area contributed by atoms with E-state index in [-0.39, 0.29) is 5.91 Å². The molecular weight excluding hydrogens is 212 g/mol. The number of rotatable bonds is 2. The first-order valence-corrected chi connectivity index (χ1v) is 5.09. The lowest BCUT2D eigenvalue weighted by atomic mass is 10.3. The van der Waals surface area contributed by atoms with Gasteiger partial charge in [0, 0.05) is 25.0 Å². The molecule has 6 heteroatoms. The molecule has 76 valence electrons. The molecule has 0 aliphatic heterocycles. The Bertz CT molecular complexity index is 468. The third kappa shape index (κ3) is 1.99. The van der Waals surface area contributed by atoms with Gasteiger partial charge in [-0.25, -0.2) is 0 Å². The lowest BCUT2D eigenvalue weighted by Gasteiger charge is -1.91. The van der Waals surface area contributed by atoms with Crippen molar-refractivity contribution in [2.24, 2.45) is 0 Å². The molecule has 2 heterocycles. The van der Waals surface area contributed by atoms with Crippen LogP contribution in [0.15, 0.2) is 24.5 Å². The van der Waals surface area contributed by atoms with Gasteiger partial charge in [0.25, 0.3) is 5.91 Å². The van der Waals surface area contributed by atoms with E-state index in [1.807, 2.05) is 12.1 Å². The molecule has 15 heavy (non-hydrogen) atoms. The van der Waals surface area contributed by atoms with Crippen LogP contribution in [-0.2, 0) is 0 Å². The highest BCUT2D eigenvalue weighted by Crippen LogP contribution is 2.21. The number of pyridine rings is 1. The van der Waals surface area contributed by atoms with E-state index in [1.54, 1.807) is 19.4 Å². The molecule has 0 radical (unpaired) electrons. The maximum Gasteiger partial charge on any atom is 0.282 e. The van der Waals surface area contributed by atoms with Crippen LogP contribution in [0.1, 0.15) is 9.80 Å². The Morgan fingerprint density at radius 2 is 2.33 bits per heavy atom. The smallest absolute Gasteiger partial charge is 0.282 e. The predicted molar refractivity (Wildman–Crippen MR) is 56.5 cm³/mol. The number of carbonyl (C=O) groups excluding carboxylic acids is 1. The van der Waals surface area contributed by atoms with Crippen molar-refractivity contribution in [2.45, 2.75) is 0 Å². The van der Waals surface area contributed by atoms with Crippen LogP contribution in [0.4, 0.5) is 0 Å². The molecule has 2 rings (SSSR count). The van der Waals surface area contributed by atoms with E-state index in [2.05, 4.69) is 20.5 Å². The number of amides is 1. The van der Waals surface area contributed by atoms with Crippen LogP contribution < -0.4 is 5.32 Å². The highest BCUT2D eigenvalue weighted by atomic mass is 32.1. The third-order valence-electron chi connectivity index (χ3n) is 1.75. The van der Waals surface area contributed by atoms with E-state index in [0.29, 0.717) is 10.0 Å². The van der Waals surface area contributed by atoms with Crippen LogP contribution >= 0.6 is 11.3 Å². The number of nitrogens with one attached hydrogen (secondary N) is 1. The molecule has 2 aromatic heterocycles. The number of hydrogen-bond acceptors (Lipinski definition) is 5. The molecular formula is C9H8N4OS. The number of aromatic nitrogens is 3. The quantitative estimate of drug-likeness (QED) is 0.818. The normalized spacial score (nSPS) is 9.93. The van der Waals surface area contributed by atoms with Gasteiger partial charge in [-0.3, -0.25) is 9.78 Å². The van der Waals surface area contributed by atoms with Crippen molar-refractivity contribution in [3.05, 3.63) is 29.5 Å². The largest absolute Gasteiger partial charge is 0.353 e. The summed E-state index contributed by atoms with van der Waals surface area (Å²) >= 11 is 1.24. The number of nitrogens with zero attached hydrogens (tertiary/aromatic N) is 3. The Kier molecular flexibility index (Phi) is 2.68. The van der Waals surface area contributed by atoms with Gasteiger partial charge in [-0.1, -0.05) is 11.3 Å². The van der Waals surface area contributed by atoms with Gasteiger partial charge >= 0.3 is 0 Å². The van der Waals surface area contributed by atoms with Gasteiger partial charge < -0.3 is 5.32 Å². The van der Waals surface area contributed by atoms with Crippen molar-refractivity contribution in [3.63, 3.8) is 0 Å². The summed E-state index contributed by atoms with van der Waals surface area (Å²) in [5.41, 5.74) is 0.866. The van der Waals surface area contributed by atoms with Crippen molar-refractivity contribution in [2.75, 3.05) is 7.05 Å². The minimum Gasteiger partial charge on any atom is -0.353 e. The summed E-state index contributed by atoms with van der Waals surface area (Å²) < 4.78 is 0. The Morgan fingerprint density at radius 3 is 3.00 bits per heavy atom. The second-order valence-electron chi connectivity index (χ2n) is 2.73. The molecule has 0 aliphatic carbocycles. The zero-order valence-electron chi connectivity index (χ0n) is 7.97. The average molecular weight is 220 g/mol. The van der Waals surface area contributed by atoms with Crippen molar-refractivity contribution in [3.8, 4) is 10.6 Å². The van der Waals surface area contributed by atoms with Crippen molar-refractivity contribution < 1.29 is 4.79 Å². The fourth-order valence-electron chi connectivity index (χ4n) is 1.03. The average Bonchev–Trinajstić information content (AvgIpc) is 2.78. The minimum absolute atomic E-state index is 0.220. The summed E-state index contributed by atoms with van der Waals surface area (Å²) in [5.74, 6) is -0.220. The summed E-state index contributed by atoms with van der Waals surface area (Å²) in [6, 6.07) is 3.69. The second-order valence-corrected chi connectivity index (χ2v) is 3.71. The Hall–Kier alpha value is -1.82. The maximum absolute atomic E-state index is 11.2. The minimum atomic E-state index is -0.220. The topological polar surface area (TPSA) is 67.8 Å². The highest BCUT2D eigenvalue weighted by Gasteiger charge is 2.11. The predicted octanol–water partition coefficient (Wildman–Crippen LogP) is 0.960. The number of carbonyl (C=O) groups is 1. The fourth-order valence-corrected chi connectivity index (χ4v) is 1.81. The summed E-state index contributed by atoms with van der Waals surface area (Å²) in [5, 5.41) is 11.3. The molecule has 0 saturated heterocycles. The Labute approximate surface area is 90.2 Å². The zero-order valence-corrected chi connectivity index (χ0v) is 8.78. The molecule has 0 unspecified atom stereocenters. The van der Waals surface area contributed by atoms with E-state index in [4.69, 9.17) is 0 Å². The standard InChI is InChI=1S/C9H8N4OS/c1-10-7(14)9-13-12-8(15-9)6-3-2-4-11-5-6/h2-5H,1H3,(H,10,14). The first-order valence-electron chi connectivity index (χ1n) is 4.27. The van der Waals surface area contributed by atoms with E-state index in [0.717, 1.165) is 5.56 Å². The van der Waals surface area contributed by atoms with E-state index in [1.165, 1.54) is 11.3 Å². The van der Waals surface area contributed by atoms with Crippen LogP contribution in [0.25, 0.3) is 10.6 Å². The van der Waals surface area contributed by atoms with Gasteiger partial charge in [0.05, 0.1) is 0 Å². The van der Waals surface area contributed by atoms with Gasteiger partial charge in [0.15, 0.2) is 0 Å². The molecule has 5 nitrogen and oxygen atoms in total. The van der Waals surface area contributed by atoms with Crippen LogP contribution in [-0.4, -0.2) is 28.1 Å². The molecule has 1 N–H and O–H groups in total. The van der Waals surface area contributed by atoms with E-state index >= 15 is 0 Å².